The largest absolute Gasteiger partial charge is 0.492 e. The molecule has 1 aromatic carbocycles. The van der Waals surface area contributed by atoms with Crippen molar-refractivity contribution in [2.75, 3.05) is 6.61 Å². The minimum Gasteiger partial charge on any atom is -0.492 e. The third-order valence-electron chi connectivity index (χ3n) is 2.92. The van der Waals surface area contributed by atoms with E-state index in [1.807, 2.05) is 20.8 Å². The fourth-order valence-corrected chi connectivity index (χ4v) is 1.80. The van der Waals surface area contributed by atoms with Gasteiger partial charge in [-0.05, 0) is 37.1 Å². The molecule has 0 fully saturated rings. The predicted molar refractivity (Wildman–Crippen MR) is 84.3 cm³/mol. The van der Waals surface area contributed by atoms with Gasteiger partial charge in [0.25, 0.3) is 0 Å². The van der Waals surface area contributed by atoms with E-state index in [1.54, 1.807) is 24.3 Å². The number of carbonyl (C=O) groups excluding carboxylic acids is 1. The fraction of sp³-hybridized carbons (Fsp3) is 0.467. The van der Waals surface area contributed by atoms with Crippen LogP contribution in [0.3, 0.4) is 0 Å². The van der Waals surface area contributed by atoms with Crippen LogP contribution < -0.4 is 15.8 Å². The summed E-state index contributed by atoms with van der Waals surface area (Å²) in [4.78, 5) is 11.3. The second kappa shape index (κ2) is 9.22. The number of nitrogens with one attached hydrogen (secondary N) is 1. The van der Waals surface area contributed by atoms with Gasteiger partial charge in [0.1, 0.15) is 12.4 Å². The summed E-state index contributed by atoms with van der Waals surface area (Å²) in [5.74, 6) is 0.466. The minimum absolute atomic E-state index is 0. The van der Waals surface area contributed by atoms with Crippen LogP contribution in [0.15, 0.2) is 24.3 Å². The highest BCUT2D eigenvalue weighted by atomic mass is 35.5. The molecular weight excluding hydrogens is 290 g/mol. The molecule has 0 radical (unpaired) electrons. The predicted octanol–water partition coefficient (Wildman–Crippen LogP) is 1.85. The topological polar surface area (TPSA) is 88.1 Å². The Morgan fingerprint density at radius 1 is 1.33 bits per heavy atom. The highest BCUT2D eigenvalue weighted by Crippen LogP contribution is 2.12. The first-order valence-corrected chi connectivity index (χ1v) is 6.62. The lowest BCUT2D eigenvalue weighted by molar-refractivity contribution is -0.121. The van der Waals surface area contributed by atoms with Gasteiger partial charge in [-0.15, -0.1) is 12.4 Å². The van der Waals surface area contributed by atoms with Gasteiger partial charge in [-0.2, -0.15) is 5.26 Å². The Balaban J connectivity index is 0.00000400. The van der Waals surface area contributed by atoms with E-state index in [9.17, 15) is 4.79 Å². The Morgan fingerprint density at radius 2 is 1.90 bits per heavy atom. The van der Waals surface area contributed by atoms with E-state index in [0.29, 0.717) is 17.9 Å². The molecule has 2 atom stereocenters. The summed E-state index contributed by atoms with van der Waals surface area (Å²) in [7, 11) is 0. The first-order valence-electron chi connectivity index (χ1n) is 6.62. The number of carbonyl (C=O) groups is 1. The lowest BCUT2D eigenvalue weighted by Crippen LogP contribution is -2.50. The van der Waals surface area contributed by atoms with Gasteiger partial charge < -0.3 is 10.5 Å². The average molecular weight is 312 g/mol. The van der Waals surface area contributed by atoms with Crippen LogP contribution >= 0.6 is 12.4 Å². The highest BCUT2D eigenvalue weighted by Gasteiger charge is 2.21. The lowest BCUT2D eigenvalue weighted by atomic mass is 10.0. The maximum absolute atomic E-state index is 11.3. The van der Waals surface area contributed by atoms with Crippen molar-refractivity contribution < 1.29 is 9.53 Å². The molecule has 5 nitrogen and oxygen atoms in total. The lowest BCUT2D eigenvalue weighted by Gasteiger charge is -2.23. The number of nitrogens with zero attached hydrogens (tertiary/aromatic N) is 1. The summed E-state index contributed by atoms with van der Waals surface area (Å²) in [5.41, 5.74) is 5.95. The second-order valence-corrected chi connectivity index (χ2v) is 5.14. The van der Waals surface area contributed by atoms with Crippen molar-refractivity contribution in [1.82, 2.24) is 5.32 Å². The SMILES string of the molecule is CC(COc1ccc(C#N)cc1)N[C@H](C(N)=O)C(C)C.Cl. The van der Waals surface area contributed by atoms with Gasteiger partial charge in [0, 0.05) is 6.04 Å². The summed E-state index contributed by atoms with van der Waals surface area (Å²) < 4.78 is 5.60. The van der Waals surface area contributed by atoms with E-state index >= 15 is 0 Å². The molecule has 1 rings (SSSR count). The van der Waals surface area contributed by atoms with Crippen molar-refractivity contribution in [2.45, 2.75) is 32.9 Å². The van der Waals surface area contributed by atoms with Crippen molar-refractivity contribution in [2.24, 2.45) is 11.7 Å². The molecule has 6 heteroatoms. The molecule has 116 valence electrons. The van der Waals surface area contributed by atoms with Gasteiger partial charge >= 0.3 is 0 Å². The van der Waals surface area contributed by atoms with Gasteiger partial charge in [-0.3, -0.25) is 10.1 Å². The summed E-state index contributed by atoms with van der Waals surface area (Å²) in [6.07, 6.45) is 0. The number of amides is 1. The zero-order chi connectivity index (χ0) is 15.1. The molecule has 0 bridgehead atoms. The number of nitrogens with two attached hydrogens (primary N) is 1. The van der Waals surface area contributed by atoms with Crippen LogP contribution in [0, 0.1) is 17.2 Å². The molecule has 0 saturated heterocycles. The molecule has 1 unspecified atom stereocenters. The fourth-order valence-electron chi connectivity index (χ4n) is 1.80. The summed E-state index contributed by atoms with van der Waals surface area (Å²) in [6.45, 7) is 6.23. The number of hydrogen-bond donors (Lipinski definition) is 2. The average Bonchev–Trinajstić information content (AvgIpc) is 2.42. The monoisotopic (exact) mass is 311 g/mol. The van der Waals surface area contributed by atoms with E-state index in [0.717, 1.165) is 0 Å². The van der Waals surface area contributed by atoms with Gasteiger partial charge in [0.05, 0.1) is 17.7 Å². The van der Waals surface area contributed by atoms with Crippen LogP contribution in [0.5, 0.6) is 5.75 Å². The number of hydrogen-bond acceptors (Lipinski definition) is 4. The van der Waals surface area contributed by atoms with E-state index < -0.39 is 0 Å². The van der Waals surface area contributed by atoms with E-state index in [-0.39, 0.29) is 36.3 Å². The number of nitriles is 1. The highest BCUT2D eigenvalue weighted by molar-refractivity contribution is 5.85. The zero-order valence-electron chi connectivity index (χ0n) is 12.5. The number of rotatable bonds is 7. The maximum Gasteiger partial charge on any atom is 0.234 e. The van der Waals surface area contributed by atoms with E-state index in [4.69, 9.17) is 15.7 Å². The van der Waals surface area contributed by atoms with Crippen LogP contribution in [-0.2, 0) is 4.79 Å². The van der Waals surface area contributed by atoms with E-state index in [2.05, 4.69) is 11.4 Å². The molecule has 1 amide bonds. The number of halogens is 1. The molecule has 3 N–H and O–H groups in total. The van der Waals surface area contributed by atoms with Gasteiger partial charge in [-0.1, -0.05) is 13.8 Å². The van der Waals surface area contributed by atoms with Crippen LogP contribution in [-0.4, -0.2) is 24.6 Å². The van der Waals surface area contributed by atoms with Crippen molar-refractivity contribution >= 4 is 18.3 Å². The minimum atomic E-state index is -0.366. The molecule has 0 saturated carbocycles. The Hall–Kier alpha value is -1.77. The summed E-state index contributed by atoms with van der Waals surface area (Å²) in [5, 5.41) is 11.9. The third-order valence-corrected chi connectivity index (χ3v) is 2.92. The van der Waals surface area contributed by atoms with Crippen LogP contribution in [0.25, 0.3) is 0 Å². The summed E-state index contributed by atoms with van der Waals surface area (Å²) in [6, 6.07) is 8.58. The van der Waals surface area contributed by atoms with Gasteiger partial charge in [0.15, 0.2) is 0 Å². The van der Waals surface area contributed by atoms with Gasteiger partial charge in [0.2, 0.25) is 5.91 Å². The first kappa shape index (κ1) is 19.2. The van der Waals surface area contributed by atoms with Crippen molar-refractivity contribution in [3.05, 3.63) is 29.8 Å². The molecular formula is C15H22ClN3O2. The Labute approximate surface area is 131 Å². The molecule has 21 heavy (non-hydrogen) atoms. The number of benzene rings is 1. The van der Waals surface area contributed by atoms with Gasteiger partial charge in [-0.25, -0.2) is 0 Å². The maximum atomic E-state index is 11.3. The number of primary amides is 1. The van der Waals surface area contributed by atoms with E-state index in [1.165, 1.54) is 0 Å². The quantitative estimate of drug-likeness (QED) is 0.804. The summed E-state index contributed by atoms with van der Waals surface area (Å²) >= 11 is 0. The van der Waals surface area contributed by atoms with Crippen molar-refractivity contribution in [3.63, 3.8) is 0 Å². The molecule has 0 aliphatic heterocycles. The molecule has 1 aromatic rings. The Kier molecular flexibility index (Phi) is 8.44. The first-order chi connectivity index (χ1) is 9.43. The third kappa shape index (κ3) is 6.48. The Bertz CT molecular complexity index is 483. The molecule has 0 aromatic heterocycles. The normalized spacial score (nSPS) is 12.9. The molecule has 0 aliphatic rings. The smallest absolute Gasteiger partial charge is 0.234 e. The number of ether oxygens (including phenoxy) is 1. The second-order valence-electron chi connectivity index (χ2n) is 5.14. The van der Waals surface area contributed by atoms with Crippen molar-refractivity contribution in [1.29, 1.82) is 5.26 Å². The molecule has 0 aliphatic carbocycles. The molecule has 0 heterocycles. The standard InChI is InChI=1S/C15H21N3O2.ClH/c1-10(2)14(15(17)19)18-11(3)9-20-13-6-4-12(8-16)5-7-13;/h4-7,10-11,14,18H,9H2,1-3H3,(H2,17,19);1H/t11?,14-;/m0./s1. The molecule has 0 spiro atoms. The van der Waals surface area contributed by atoms with Crippen LogP contribution in [0.2, 0.25) is 0 Å². The van der Waals surface area contributed by atoms with Crippen LogP contribution in [0.4, 0.5) is 0 Å². The van der Waals surface area contributed by atoms with Crippen molar-refractivity contribution in [3.8, 4) is 11.8 Å². The van der Waals surface area contributed by atoms with Crippen LogP contribution in [0.1, 0.15) is 26.3 Å². The Morgan fingerprint density at radius 3 is 2.33 bits per heavy atom. The zero-order valence-corrected chi connectivity index (χ0v) is 13.3.